The van der Waals surface area contributed by atoms with Crippen molar-refractivity contribution in [1.82, 2.24) is 0 Å². The summed E-state index contributed by atoms with van der Waals surface area (Å²) in [5.41, 5.74) is 2.57. The normalized spacial score (nSPS) is 23.9. The maximum atomic E-state index is 9.83. The van der Waals surface area contributed by atoms with Crippen molar-refractivity contribution in [3.8, 4) is 0 Å². The summed E-state index contributed by atoms with van der Waals surface area (Å²) in [7, 11) is 0. The number of aryl methyl sites for hydroxylation is 1. The van der Waals surface area contributed by atoms with Crippen LogP contribution in [0.1, 0.15) is 96.0 Å². The Morgan fingerprint density at radius 1 is 0.857 bits per heavy atom. The van der Waals surface area contributed by atoms with Crippen LogP contribution >= 0.6 is 0 Å². The zero-order chi connectivity index (χ0) is 19.8. The van der Waals surface area contributed by atoms with Gasteiger partial charge >= 0.3 is 0 Å². The van der Waals surface area contributed by atoms with Crippen LogP contribution in [0.3, 0.4) is 0 Å². The van der Waals surface area contributed by atoms with E-state index in [2.05, 4.69) is 36.1 Å². The highest BCUT2D eigenvalue weighted by Crippen LogP contribution is 2.45. The Labute approximate surface area is 172 Å². The minimum atomic E-state index is -1.23. The van der Waals surface area contributed by atoms with Crippen molar-refractivity contribution in [2.24, 2.45) is 5.92 Å². The van der Waals surface area contributed by atoms with Gasteiger partial charge in [-0.3, -0.25) is 0 Å². The molecule has 3 rings (SSSR count). The van der Waals surface area contributed by atoms with Crippen LogP contribution in [0.2, 0.25) is 0 Å². The molecule has 0 radical (unpaired) electrons. The van der Waals surface area contributed by atoms with Gasteiger partial charge < -0.3 is 15.1 Å². The zero-order valence-electron chi connectivity index (χ0n) is 17.9. The molecule has 2 N–H and O–H groups in total. The van der Waals surface area contributed by atoms with Gasteiger partial charge in [0.1, 0.15) is 0 Å². The molecule has 1 aromatic rings. The molecule has 1 aromatic carbocycles. The second-order valence-corrected chi connectivity index (χ2v) is 9.14. The van der Waals surface area contributed by atoms with E-state index in [-0.39, 0.29) is 6.04 Å². The van der Waals surface area contributed by atoms with Gasteiger partial charge in [-0.15, -0.1) is 0 Å². The SMILES string of the molecule is CCCCCCCCCCCCc1ccc(N2[C@H]3CC[C@H](C3)[C@@H]2C(O)O)cc1. The van der Waals surface area contributed by atoms with Crippen molar-refractivity contribution >= 4 is 5.69 Å². The Bertz CT molecular complexity index is 556. The third-order valence-electron chi connectivity index (χ3n) is 7.00. The fourth-order valence-electron chi connectivity index (χ4n) is 5.45. The highest BCUT2D eigenvalue weighted by atomic mass is 16.5. The van der Waals surface area contributed by atoms with Crippen LogP contribution in [-0.4, -0.2) is 28.6 Å². The van der Waals surface area contributed by atoms with Crippen LogP contribution in [-0.2, 0) is 6.42 Å². The Balaban J connectivity index is 1.34. The van der Waals surface area contributed by atoms with Crippen LogP contribution in [0.15, 0.2) is 24.3 Å². The molecule has 1 saturated heterocycles. The van der Waals surface area contributed by atoms with E-state index in [0.29, 0.717) is 12.0 Å². The molecular formula is C25H41NO2. The molecule has 0 aromatic heterocycles. The van der Waals surface area contributed by atoms with E-state index in [4.69, 9.17) is 0 Å². The molecule has 158 valence electrons. The van der Waals surface area contributed by atoms with Crippen LogP contribution in [0.5, 0.6) is 0 Å². The molecule has 3 nitrogen and oxygen atoms in total. The Morgan fingerprint density at radius 3 is 2.07 bits per heavy atom. The minimum Gasteiger partial charge on any atom is -0.366 e. The molecular weight excluding hydrogens is 346 g/mol. The van der Waals surface area contributed by atoms with Crippen molar-refractivity contribution in [2.75, 3.05) is 4.90 Å². The molecule has 0 spiro atoms. The number of aliphatic hydroxyl groups excluding tert-OH is 1. The smallest absolute Gasteiger partial charge is 0.172 e. The van der Waals surface area contributed by atoms with Gasteiger partial charge in [-0.05, 0) is 55.7 Å². The van der Waals surface area contributed by atoms with Gasteiger partial charge in [0.05, 0.1) is 6.04 Å². The minimum absolute atomic E-state index is 0.119. The van der Waals surface area contributed by atoms with Gasteiger partial charge in [0.25, 0.3) is 0 Å². The number of hydrogen-bond acceptors (Lipinski definition) is 3. The van der Waals surface area contributed by atoms with Crippen LogP contribution in [0.4, 0.5) is 5.69 Å². The first-order valence-corrected chi connectivity index (χ1v) is 11.9. The van der Waals surface area contributed by atoms with E-state index in [0.717, 1.165) is 24.9 Å². The molecule has 0 unspecified atom stereocenters. The lowest BCUT2D eigenvalue weighted by molar-refractivity contribution is -0.0689. The zero-order valence-corrected chi connectivity index (χ0v) is 17.9. The van der Waals surface area contributed by atoms with Crippen molar-refractivity contribution in [1.29, 1.82) is 0 Å². The van der Waals surface area contributed by atoms with Gasteiger partial charge in [-0.1, -0.05) is 76.8 Å². The summed E-state index contributed by atoms with van der Waals surface area (Å²) in [6, 6.07) is 9.26. The number of hydrogen-bond donors (Lipinski definition) is 2. The van der Waals surface area contributed by atoms with Crippen molar-refractivity contribution < 1.29 is 10.2 Å². The lowest BCUT2D eigenvalue weighted by atomic mass is 9.97. The van der Waals surface area contributed by atoms with Gasteiger partial charge in [-0.2, -0.15) is 0 Å². The van der Waals surface area contributed by atoms with E-state index in [1.807, 2.05) is 0 Å². The summed E-state index contributed by atoms with van der Waals surface area (Å²) in [5, 5.41) is 19.7. The molecule has 1 aliphatic heterocycles. The summed E-state index contributed by atoms with van der Waals surface area (Å²) in [5.74, 6) is 0.441. The van der Waals surface area contributed by atoms with E-state index in [1.165, 1.54) is 76.2 Å². The maximum absolute atomic E-state index is 9.83. The summed E-state index contributed by atoms with van der Waals surface area (Å²) < 4.78 is 0. The first-order valence-electron chi connectivity index (χ1n) is 11.9. The predicted molar refractivity (Wildman–Crippen MR) is 118 cm³/mol. The fourth-order valence-corrected chi connectivity index (χ4v) is 5.45. The average Bonchev–Trinajstić information content (AvgIpc) is 3.31. The highest BCUT2D eigenvalue weighted by molar-refractivity contribution is 5.52. The predicted octanol–water partition coefficient (Wildman–Crippen LogP) is 5.82. The Morgan fingerprint density at radius 2 is 1.46 bits per heavy atom. The molecule has 3 heteroatoms. The summed E-state index contributed by atoms with van der Waals surface area (Å²) >= 11 is 0. The molecule has 2 aliphatic rings. The first-order chi connectivity index (χ1) is 13.7. The third-order valence-corrected chi connectivity index (χ3v) is 7.00. The molecule has 3 atom stereocenters. The molecule has 1 saturated carbocycles. The fraction of sp³-hybridized carbons (Fsp3) is 0.760. The van der Waals surface area contributed by atoms with Gasteiger partial charge in [0.15, 0.2) is 6.29 Å². The third kappa shape index (κ3) is 5.73. The number of nitrogens with zero attached hydrogens (tertiary/aromatic N) is 1. The number of fused-ring (bicyclic) bond motifs is 2. The van der Waals surface area contributed by atoms with E-state index in [9.17, 15) is 10.2 Å². The van der Waals surface area contributed by atoms with Gasteiger partial charge in [0.2, 0.25) is 0 Å². The number of aliphatic hydroxyl groups is 2. The maximum Gasteiger partial charge on any atom is 0.172 e. The monoisotopic (exact) mass is 387 g/mol. The number of piperidine rings is 1. The number of rotatable bonds is 13. The molecule has 28 heavy (non-hydrogen) atoms. The summed E-state index contributed by atoms with van der Waals surface area (Å²) in [6.07, 6.45) is 17.2. The topological polar surface area (TPSA) is 43.7 Å². The highest BCUT2D eigenvalue weighted by Gasteiger charge is 2.48. The van der Waals surface area contributed by atoms with Crippen molar-refractivity contribution in [2.45, 2.75) is 115 Å². The number of unbranched alkanes of at least 4 members (excludes halogenated alkanes) is 9. The first kappa shape index (κ1) is 21.6. The lowest BCUT2D eigenvalue weighted by Crippen LogP contribution is -2.48. The second kappa shape index (κ2) is 11.2. The van der Waals surface area contributed by atoms with Crippen LogP contribution in [0, 0.1) is 5.92 Å². The second-order valence-electron chi connectivity index (χ2n) is 9.14. The van der Waals surface area contributed by atoms with Gasteiger partial charge in [0, 0.05) is 11.7 Å². The molecule has 1 aliphatic carbocycles. The van der Waals surface area contributed by atoms with Crippen molar-refractivity contribution in [3.05, 3.63) is 29.8 Å². The van der Waals surface area contributed by atoms with E-state index < -0.39 is 6.29 Å². The largest absolute Gasteiger partial charge is 0.366 e. The number of benzene rings is 1. The number of anilines is 1. The molecule has 0 amide bonds. The average molecular weight is 388 g/mol. The Hall–Kier alpha value is -1.06. The van der Waals surface area contributed by atoms with Crippen LogP contribution in [0.25, 0.3) is 0 Å². The van der Waals surface area contributed by atoms with Crippen LogP contribution < -0.4 is 4.90 Å². The van der Waals surface area contributed by atoms with E-state index >= 15 is 0 Å². The summed E-state index contributed by atoms with van der Waals surface area (Å²) in [4.78, 5) is 2.28. The summed E-state index contributed by atoms with van der Waals surface area (Å²) in [6.45, 7) is 2.28. The van der Waals surface area contributed by atoms with E-state index in [1.54, 1.807) is 0 Å². The molecule has 1 heterocycles. The Kier molecular flexibility index (Phi) is 8.66. The molecule has 2 fully saturated rings. The van der Waals surface area contributed by atoms with Gasteiger partial charge in [-0.25, -0.2) is 0 Å². The quantitative estimate of drug-likeness (QED) is 0.331. The lowest BCUT2D eigenvalue weighted by Gasteiger charge is -2.38. The van der Waals surface area contributed by atoms with Crippen molar-refractivity contribution in [3.63, 3.8) is 0 Å². The molecule has 2 bridgehead atoms. The standard InChI is InChI=1S/C25H41NO2/c1-2-3-4-5-6-7-8-9-10-11-12-20-13-16-22(17-14-20)26-23-18-15-21(19-23)24(26)25(27)28/h13-14,16-17,21,23-25,27-28H,2-12,15,18-19H2,1H3/t21-,23+,24-/m1/s1.